The molecule has 5 heteroatoms. The fourth-order valence-corrected chi connectivity index (χ4v) is 4.95. The zero-order valence-corrected chi connectivity index (χ0v) is 18.5. The van der Waals surface area contributed by atoms with Crippen LogP contribution in [0.3, 0.4) is 0 Å². The summed E-state index contributed by atoms with van der Waals surface area (Å²) in [6, 6.07) is 12.9. The third-order valence-electron chi connectivity index (χ3n) is 6.69. The lowest BCUT2D eigenvalue weighted by Crippen LogP contribution is -2.20. The van der Waals surface area contributed by atoms with Gasteiger partial charge in [-0.2, -0.15) is 0 Å². The molecule has 0 atom stereocenters. The molecule has 0 unspecified atom stereocenters. The summed E-state index contributed by atoms with van der Waals surface area (Å²) in [5.41, 5.74) is 6.67. The topological polar surface area (TPSA) is 54.9 Å². The van der Waals surface area contributed by atoms with E-state index in [0.29, 0.717) is 24.6 Å². The van der Waals surface area contributed by atoms with Gasteiger partial charge in [0.1, 0.15) is 5.82 Å². The van der Waals surface area contributed by atoms with Crippen molar-refractivity contribution in [2.45, 2.75) is 58.3 Å². The number of rotatable bonds is 5. The molecule has 2 aliphatic rings. The highest BCUT2D eigenvalue weighted by molar-refractivity contribution is 5.92. The molecule has 0 aliphatic heterocycles. The van der Waals surface area contributed by atoms with E-state index in [2.05, 4.69) is 5.32 Å². The Morgan fingerprint density at radius 2 is 1.84 bits per heavy atom. The van der Waals surface area contributed by atoms with Crippen LogP contribution in [0.2, 0.25) is 0 Å². The second-order valence-electron chi connectivity index (χ2n) is 9.18. The molecule has 32 heavy (non-hydrogen) atoms. The molecule has 164 valence electrons. The SMILES string of the molecule is Cc1ccc(CC(=O)Nc2nc3c(nc2CC2CCCC2)-c2ccc(F)cc2CC3)cc1. The van der Waals surface area contributed by atoms with Gasteiger partial charge in [0.15, 0.2) is 5.82 Å². The van der Waals surface area contributed by atoms with Gasteiger partial charge in [-0.15, -0.1) is 0 Å². The maximum atomic E-state index is 13.7. The van der Waals surface area contributed by atoms with E-state index >= 15 is 0 Å². The number of fused-ring (bicyclic) bond motifs is 3. The molecule has 1 N–H and O–H groups in total. The molecule has 1 heterocycles. The zero-order valence-electron chi connectivity index (χ0n) is 18.5. The van der Waals surface area contributed by atoms with Crippen molar-refractivity contribution < 1.29 is 9.18 Å². The minimum Gasteiger partial charge on any atom is -0.309 e. The summed E-state index contributed by atoms with van der Waals surface area (Å²) in [5.74, 6) is 0.880. The first-order valence-corrected chi connectivity index (χ1v) is 11.6. The quantitative estimate of drug-likeness (QED) is 0.574. The number of aryl methyl sites for hydroxylation is 3. The lowest BCUT2D eigenvalue weighted by Gasteiger charge is -2.22. The largest absolute Gasteiger partial charge is 0.309 e. The van der Waals surface area contributed by atoms with Gasteiger partial charge in [-0.25, -0.2) is 14.4 Å². The van der Waals surface area contributed by atoms with Gasteiger partial charge in [0.2, 0.25) is 5.91 Å². The number of halogens is 1. The molecule has 1 fully saturated rings. The minimum atomic E-state index is -0.216. The summed E-state index contributed by atoms with van der Waals surface area (Å²) in [7, 11) is 0. The van der Waals surface area contributed by atoms with Crippen LogP contribution in [0.25, 0.3) is 11.3 Å². The smallest absolute Gasteiger partial charge is 0.229 e. The van der Waals surface area contributed by atoms with Crippen molar-refractivity contribution >= 4 is 11.7 Å². The van der Waals surface area contributed by atoms with E-state index in [4.69, 9.17) is 9.97 Å². The molecule has 1 amide bonds. The van der Waals surface area contributed by atoms with Crippen LogP contribution < -0.4 is 5.32 Å². The second kappa shape index (κ2) is 8.81. The lowest BCUT2D eigenvalue weighted by atomic mass is 9.91. The van der Waals surface area contributed by atoms with Crippen LogP contribution in [0.1, 0.15) is 53.8 Å². The van der Waals surface area contributed by atoms with E-state index < -0.39 is 0 Å². The molecule has 5 rings (SSSR count). The van der Waals surface area contributed by atoms with Crippen LogP contribution in [-0.2, 0) is 30.5 Å². The van der Waals surface area contributed by atoms with Crippen LogP contribution in [-0.4, -0.2) is 15.9 Å². The number of amides is 1. The lowest BCUT2D eigenvalue weighted by molar-refractivity contribution is -0.115. The molecule has 4 nitrogen and oxygen atoms in total. The normalized spacial score (nSPS) is 15.3. The number of carbonyl (C=O) groups is 1. The Kier molecular flexibility index (Phi) is 5.73. The number of hydrogen-bond donors (Lipinski definition) is 1. The molecule has 0 bridgehead atoms. The van der Waals surface area contributed by atoms with E-state index in [1.165, 1.54) is 37.3 Å². The molecule has 2 aliphatic carbocycles. The Balaban J connectivity index is 1.46. The third-order valence-corrected chi connectivity index (χ3v) is 6.69. The van der Waals surface area contributed by atoms with Gasteiger partial charge < -0.3 is 5.32 Å². The van der Waals surface area contributed by atoms with Gasteiger partial charge in [-0.05, 0) is 61.4 Å². The molecular formula is C27H28FN3O. The maximum absolute atomic E-state index is 13.7. The summed E-state index contributed by atoms with van der Waals surface area (Å²) in [4.78, 5) is 22.7. The van der Waals surface area contributed by atoms with Crippen LogP contribution in [0, 0.1) is 18.7 Å². The van der Waals surface area contributed by atoms with Gasteiger partial charge in [-0.3, -0.25) is 4.79 Å². The van der Waals surface area contributed by atoms with Gasteiger partial charge in [0.25, 0.3) is 0 Å². The van der Waals surface area contributed by atoms with Crippen molar-refractivity contribution in [2.75, 3.05) is 5.32 Å². The highest BCUT2D eigenvalue weighted by atomic mass is 19.1. The number of anilines is 1. The predicted octanol–water partition coefficient (Wildman–Crippen LogP) is 5.60. The number of benzene rings is 2. The van der Waals surface area contributed by atoms with Crippen LogP contribution in [0.4, 0.5) is 10.2 Å². The molecule has 0 spiro atoms. The molecule has 0 saturated heterocycles. The monoisotopic (exact) mass is 429 g/mol. The summed E-state index contributed by atoms with van der Waals surface area (Å²) in [5, 5.41) is 3.06. The third kappa shape index (κ3) is 4.43. The minimum absolute atomic E-state index is 0.0749. The average Bonchev–Trinajstić information content (AvgIpc) is 3.29. The van der Waals surface area contributed by atoms with E-state index in [1.54, 1.807) is 6.07 Å². The predicted molar refractivity (Wildman–Crippen MR) is 124 cm³/mol. The van der Waals surface area contributed by atoms with Crippen LogP contribution in [0.5, 0.6) is 0 Å². The highest BCUT2D eigenvalue weighted by Gasteiger charge is 2.25. The molecule has 1 saturated carbocycles. The van der Waals surface area contributed by atoms with Gasteiger partial charge in [0.05, 0.1) is 23.5 Å². The first-order chi connectivity index (χ1) is 15.5. The van der Waals surface area contributed by atoms with Crippen molar-refractivity contribution in [1.82, 2.24) is 9.97 Å². The fourth-order valence-electron chi connectivity index (χ4n) is 4.95. The zero-order chi connectivity index (χ0) is 22.1. The molecule has 3 aromatic rings. The maximum Gasteiger partial charge on any atom is 0.229 e. The van der Waals surface area contributed by atoms with Crippen molar-refractivity contribution in [1.29, 1.82) is 0 Å². The standard InChI is InChI=1S/C27H28FN3O/c1-17-6-8-19(9-7-17)15-25(32)31-27-24(14-18-4-2-3-5-18)29-26-22-12-11-21(28)16-20(22)10-13-23(26)30-27/h6-9,11-12,16,18H,2-5,10,13-15H2,1H3,(H,30,31,32). The Morgan fingerprint density at radius 1 is 1.06 bits per heavy atom. The number of aromatic nitrogens is 2. The van der Waals surface area contributed by atoms with Crippen molar-refractivity contribution in [3.63, 3.8) is 0 Å². The molecule has 1 aromatic heterocycles. The first kappa shape index (κ1) is 20.8. The highest BCUT2D eigenvalue weighted by Crippen LogP contribution is 2.35. The number of nitrogens with one attached hydrogen (secondary N) is 1. The van der Waals surface area contributed by atoms with E-state index in [1.807, 2.05) is 37.3 Å². The van der Waals surface area contributed by atoms with E-state index in [9.17, 15) is 9.18 Å². The van der Waals surface area contributed by atoms with E-state index in [0.717, 1.165) is 46.6 Å². The second-order valence-corrected chi connectivity index (χ2v) is 9.18. The van der Waals surface area contributed by atoms with Crippen LogP contribution >= 0.6 is 0 Å². The van der Waals surface area contributed by atoms with E-state index in [-0.39, 0.29) is 11.7 Å². The number of carbonyl (C=O) groups excluding carboxylic acids is 1. The average molecular weight is 430 g/mol. The molecule has 0 radical (unpaired) electrons. The van der Waals surface area contributed by atoms with Crippen molar-refractivity contribution in [2.24, 2.45) is 5.92 Å². The first-order valence-electron chi connectivity index (χ1n) is 11.6. The fraction of sp³-hybridized carbons (Fsp3) is 0.370. The van der Waals surface area contributed by atoms with Gasteiger partial charge >= 0.3 is 0 Å². The summed E-state index contributed by atoms with van der Waals surface area (Å²) < 4.78 is 13.7. The van der Waals surface area contributed by atoms with Crippen LogP contribution in [0.15, 0.2) is 42.5 Å². The molecular weight excluding hydrogens is 401 g/mol. The van der Waals surface area contributed by atoms with Crippen molar-refractivity contribution in [3.8, 4) is 11.3 Å². The Bertz CT molecular complexity index is 1150. The number of nitrogens with zero attached hydrogens (tertiary/aromatic N) is 2. The van der Waals surface area contributed by atoms with Crippen molar-refractivity contribution in [3.05, 3.63) is 76.4 Å². The van der Waals surface area contributed by atoms with Gasteiger partial charge in [-0.1, -0.05) is 55.5 Å². The summed E-state index contributed by atoms with van der Waals surface area (Å²) in [6.45, 7) is 2.04. The Labute approximate surface area is 188 Å². The molecule has 2 aromatic carbocycles. The summed E-state index contributed by atoms with van der Waals surface area (Å²) >= 11 is 0. The Morgan fingerprint density at radius 3 is 2.62 bits per heavy atom. The van der Waals surface area contributed by atoms with Gasteiger partial charge in [0, 0.05) is 5.56 Å². The number of hydrogen-bond acceptors (Lipinski definition) is 3. The summed E-state index contributed by atoms with van der Waals surface area (Å²) in [6.07, 6.45) is 7.44. The Hall–Kier alpha value is -3.08.